The summed E-state index contributed by atoms with van der Waals surface area (Å²) >= 11 is 1.69. The molecule has 0 aliphatic carbocycles. The quantitative estimate of drug-likeness (QED) is 0.103. The van der Waals surface area contributed by atoms with Gasteiger partial charge in [0, 0.05) is 86.4 Å². The van der Waals surface area contributed by atoms with Crippen LogP contribution in [0.25, 0.3) is 24.3 Å². The lowest BCUT2D eigenvalue weighted by atomic mass is 10.1. The predicted octanol–water partition coefficient (Wildman–Crippen LogP) is 3.41. The zero-order valence-corrected chi connectivity index (χ0v) is 30.9. The summed E-state index contributed by atoms with van der Waals surface area (Å²) < 4.78 is 3.72. The van der Waals surface area contributed by atoms with E-state index in [4.69, 9.17) is 0 Å². The number of pyridine rings is 2. The molecule has 2 fully saturated rings. The van der Waals surface area contributed by atoms with Crippen LogP contribution in [-0.4, -0.2) is 85.0 Å². The summed E-state index contributed by atoms with van der Waals surface area (Å²) in [6, 6.07) is 24.7. The van der Waals surface area contributed by atoms with Gasteiger partial charge < -0.3 is 30.6 Å². The van der Waals surface area contributed by atoms with Crippen molar-refractivity contribution in [2.75, 3.05) is 60.6 Å². The molecule has 2 aromatic carbocycles. The molecule has 2 aliphatic heterocycles. The third-order valence-electron chi connectivity index (χ3n) is 9.40. The molecule has 2 aliphatic rings. The van der Waals surface area contributed by atoms with Crippen molar-refractivity contribution in [3.05, 3.63) is 120 Å². The van der Waals surface area contributed by atoms with Gasteiger partial charge >= 0.3 is 0 Å². The first-order valence-corrected chi connectivity index (χ1v) is 19.5. The highest BCUT2D eigenvalue weighted by molar-refractivity contribution is 7.99. The van der Waals surface area contributed by atoms with Crippen LogP contribution in [0.5, 0.6) is 0 Å². The zero-order chi connectivity index (χ0) is 36.8. The fourth-order valence-corrected chi connectivity index (χ4v) is 7.07. The van der Waals surface area contributed by atoms with E-state index in [1.807, 2.05) is 58.2 Å². The van der Waals surface area contributed by atoms with Gasteiger partial charge in [-0.2, -0.15) is 20.9 Å². The number of hydrogen-bond acceptors (Lipinski definition) is 7. The van der Waals surface area contributed by atoms with Crippen LogP contribution >= 0.6 is 11.8 Å². The van der Waals surface area contributed by atoms with Crippen LogP contribution in [0.2, 0.25) is 0 Å². The molecule has 276 valence electrons. The number of nitrogens with zero attached hydrogens (tertiary/aromatic N) is 4. The lowest BCUT2D eigenvalue weighted by Gasteiger charge is -2.17. The Labute approximate surface area is 316 Å². The van der Waals surface area contributed by atoms with Crippen LogP contribution in [0.1, 0.15) is 35.1 Å². The summed E-state index contributed by atoms with van der Waals surface area (Å²) in [6.07, 6.45) is 17.1. The highest BCUT2D eigenvalue weighted by atomic mass is 32.2. The fourth-order valence-electron chi connectivity index (χ4n) is 6.37. The van der Waals surface area contributed by atoms with Gasteiger partial charge in [-0.25, -0.2) is 0 Å². The lowest BCUT2D eigenvalue weighted by Crippen LogP contribution is -2.43. The maximum absolute atomic E-state index is 12.4. The van der Waals surface area contributed by atoms with E-state index in [2.05, 4.69) is 93.3 Å². The maximum atomic E-state index is 12.4. The van der Waals surface area contributed by atoms with Crippen molar-refractivity contribution in [2.45, 2.75) is 38.1 Å². The number of aliphatic hydroxyl groups excluding tert-OH is 2. The average molecular weight is 735 g/mol. The summed E-state index contributed by atoms with van der Waals surface area (Å²) in [5, 5.41) is 25.5. The van der Waals surface area contributed by atoms with E-state index in [0.717, 1.165) is 71.1 Å². The lowest BCUT2D eigenvalue weighted by molar-refractivity contribution is -0.684. The molecule has 2 unspecified atom stereocenters. The Kier molecular flexibility index (Phi) is 13.7. The van der Waals surface area contributed by atoms with Crippen LogP contribution in [0.3, 0.4) is 0 Å². The highest BCUT2D eigenvalue weighted by Gasteiger charge is 2.21. The number of amides is 2. The molecule has 2 aromatic heterocycles. The largest absolute Gasteiger partial charge is 0.391 e. The Morgan fingerprint density at radius 2 is 0.962 bits per heavy atom. The van der Waals surface area contributed by atoms with Gasteiger partial charge in [0.15, 0.2) is 24.8 Å². The number of β-amino-alcohol motifs (C(OH)–C–C–N with tert-alkyl or cyclic N) is 2. The van der Waals surface area contributed by atoms with Crippen molar-refractivity contribution < 1.29 is 28.9 Å². The molecule has 0 saturated carbocycles. The number of anilines is 2. The molecule has 2 atom stereocenters. The molecule has 11 heteroatoms. The van der Waals surface area contributed by atoms with Crippen LogP contribution < -0.4 is 29.6 Å². The fraction of sp³-hybridized carbons (Fsp3) is 0.333. The van der Waals surface area contributed by atoms with Gasteiger partial charge in [-0.05, 0) is 59.4 Å². The van der Waals surface area contributed by atoms with Gasteiger partial charge in [0.2, 0.25) is 13.1 Å². The van der Waals surface area contributed by atoms with Gasteiger partial charge in [-0.15, -0.1) is 0 Å². The Morgan fingerprint density at radius 1 is 0.604 bits per heavy atom. The van der Waals surface area contributed by atoms with E-state index >= 15 is 0 Å². The van der Waals surface area contributed by atoms with Gasteiger partial charge in [-0.1, -0.05) is 48.6 Å². The molecule has 10 nitrogen and oxygen atoms in total. The van der Waals surface area contributed by atoms with Crippen LogP contribution in [-0.2, 0) is 22.7 Å². The normalized spacial score (nSPS) is 17.2. The number of rotatable bonds is 16. The number of carbonyl (C=O) groups excluding carboxylic acids is 2. The second kappa shape index (κ2) is 19.2. The number of hydrogen-bond donors (Lipinski definition) is 4. The van der Waals surface area contributed by atoms with Crippen molar-refractivity contribution in [2.24, 2.45) is 0 Å². The molecule has 0 bridgehead atoms. The number of carbonyl (C=O) groups is 2. The number of nitrogens with one attached hydrogen (secondary N) is 2. The minimum Gasteiger partial charge on any atom is -0.391 e. The smallest absolute Gasteiger partial charge is 0.286 e. The van der Waals surface area contributed by atoms with E-state index in [1.165, 1.54) is 0 Å². The molecular formula is C42H50N6O4S+2. The minimum atomic E-state index is -0.233. The highest BCUT2D eigenvalue weighted by Crippen LogP contribution is 2.23. The van der Waals surface area contributed by atoms with E-state index in [1.54, 1.807) is 11.8 Å². The average Bonchev–Trinajstić information content (AvgIpc) is 3.82. The van der Waals surface area contributed by atoms with Crippen molar-refractivity contribution in [3.8, 4) is 0 Å². The monoisotopic (exact) mass is 734 g/mol. The molecule has 2 saturated heterocycles. The summed E-state index contributed by atoms with van der Waals surface area (Å²) in [5.74, 6) is 1.47. The Balaban J connectivity index is 0.804. The first kappa shape index (κ1) is 37.8. The number of aliphatic hydroxyl groups is 2. The molecule has 4 aromatic rings. The first-order valence-electron chi connectivity index (χ1n) is 18.4. The van der Waals surface area contributed by atoms with E-state index < -0.39 is 0 Å². The van der Waals surface area contributed by atoms with Crippen molar-refractivity contribution in [1.29, 1.82) is 0 Å². The Bertz CT molecular complexity index is 1700. The summed E-state index contributed by atoms with van der Waals surface area (Å²) in [5.41, 5.74) is 6.59. The first-order chi connectivity index (χ1) is 25.9. The number of thioether (sulfide) groups is 1. The van der Waals surface area contributed by atoms with E-state index in [0.29, 0.717) is 26.2 Å². The topological polar surface area (TPSA) is 113 Å². The molecule has 0 radical (unpaired) electrons. The van der Waals surface area contributed by atoms with Crippen molar-refractivity contribution in [3.63, 3.8) is 0 Å². The predicted molar refractivity (Wildman–Crippen MR) is 213 cm³/mol. The van der Waals surface area contributed by atoms with Crippen LogP contribution in [0.4, 0.5) is 11.4 Å². The molecular weight excluding hydrogens is 685 g/mol. The summed E-state index contributed by atoms with van der Waals surface area (Å²) in [4.78, 5) is 29.3. The van der Waals surface area contributed by atoms with Crippen LogP contribution in [0.15, 0.2) is 97.6 Å². The van der Waals surface area contributed by atoms with Gasteiger partial charge in [-0.3, -0.25) is 9.59 Å². The summed E-state index contributed by atoms with van der Waals surface area (Å²) in [7, 11) is 0. The van der Waals surface area contributed by atoms with Crippen molar-refractivity contribution in [1.82, 2.24) is 10.6 Å². The molecule has 6 rings (SSSR count). The second-order valence-electron chi connectivity index (χ2n) is 13.5. The number of aromatic nitrogens is 2. The molecule has 4 heterocycles. The standard InChI is InChI=1S/C42H48N6O4S/c49-39-17-25-47(29-39)37-9-5-33(6-10-37)1-3-35-13-21-45(22-14-35)31-41(51)43-19-27-53-28-20-44-42(52)32-46-23-15-36(16-24-46)4-2-34-7-11-38(12-8-34)48-26-18-40(50)30-48/h1-16,21-24,39-40,49-50H,17-20,25-32H2/p+2. The zero-order valence-electron chi connectivity index (χ0n) is 30.1. The van der Waals surface area contributed by atoms with Crippen LogP contribution in [0, 0.1) is 0 Å². The van der Waals surface area contributed by atoms with E-state index in [9.17, 15) is 19.8 Å². The van der Waals surface area contributed by atoms with Crippen molar-refractivity contribution >= 4 is 59.3 Å². The number of benzene rings is 2. The third kappa shape index (κ3) is 12.0. The molecule has 2 amide bonds. The Hall–Kier alpha value is -4.97. The minimum absolute atomic E-state index is 0.0369. The maximum Gasteiger partial charge on any atom is 0.286 e. The van der Waals surface area contributed by atoms with Gasteiger partial charge in [0.1, 0.15) is 0 Å². The van der Waals surface area contributed by atoms with E-state index in [-0.39, 0.29) is 37.1 Å². The second-order valence-corrected chi connectivity index (χ2v) is 14.8. The summed E-state index contributed by atoms with van der Waals surface area (Å²) in [6.45, 7) is 4.82. The van der Waals surface area contributed by atoms with Gasteiger partial charge in [0.25, 0.3) is 11.8 Å². The van der Waals surface area contributed by atoms with Gasteiger partial charge in [0.05, 0.1) is 12.2 Å². The molecule has 4 N–H and O–H groups in total. The molecule has 53 heavy (non-hydrogen) atoms. The SMILES string of the molecule is O=C(C[n+]1ccc(C=Cc2ccc(N3CCC(O)C3)cc2)cc1)NCCSCCNC(=O)C[n+]1ccc(C=Cc2ccc(N3CCC(O)C3)cc2)cc1. The molecule has 0 spiro atoms. The Morgan fingerprint density at radius 3 is 1.30 bits per heavy atom. The third-order valence-corrected chi connectivity index (χ3v) is 10.4.